The van der Waals surface area contributed by atoms with Crippen molar-refractivity contribution in [1.29, 1.82) is 0 Å². The van der Waals surface area contributed by atoms with Crippen LogP contribution in [0, 0.1) is 0 Å². The summed E-state index contributed by atoms with van der Waals surface area (Å²) in [7, 11) is -3.54. The molecule has 6 rings (SSSR count). The van der Waals surface area contributed by atoms with E-state index in [-0.39, 0.29) is 30.1 Å². The van der Waals surface area contributed by atoms with E-state index in [1.807, 2.05) is 0 Å². The first kappa shape index (κ1) is 29.9. The van der Waals surface area contributed by atoms with E-state index < -0.39 is 28.2 Å². The monoisotopic (exact) mass is 634 g/mol. The summed E-state index contributed by atoms with van der Waals surface area (Å²) < 4.78 is 78.6. The Hall–Kier alpha value is -4.12. The Morgan fingerprint density at radius 2 is 1.82 bits per heavy atom. The van der Waals surface area contributed by atoms with Gasteiger partial charge in [-0.25, -0.2) is 36.8 Å². The quantitative estimate of drug-likeness (QED) is 0.188. The standard InChI is InChI=1S/C27H30F4N10O2S/c28-23(29)14-33-17-2-1-3-18(10-17)36-22-11-25(34-13-20(22)21-7-9-40(39-21)27(30)31)37-24-6-8-32-26(38-24)16-12-35-41(15-16)44(42,43)19-4-5-19/h6-9,11-13,15,17-19,23,27,33H,1-5,10,14H2,(H2,32,34,36,37,38). The van der Waals surface area contributed by atoms with Gasteiger partial charge in [0, 0.05) is 48.0 Å². The Labute approximate surface area is 250 Å². The van der Waals surface area contributed by atoms with Crippen LogP contribution < -0.4 is 16.0 Å². The van der Waals surface area contributed by atoms with E-state index in [1.165, 1.54) is 37.1 Å². The second-order valence-corrected chi connectivity index (χ2v) is 12.9. The molecule has 44 heavy (non-hydrogen) atoms. The number of rotatable bonds is 12. The molecule has 234 valence electrons. The minimum Gasteiger partial charge on any atom is -0.382 e. The van der Waals surface area contributed by atoms with E-state index in [2.05, 4.69) is 41.1 Å². The molecule has 4 aromatic heterocycles. The number of hydrogen-bond acceptors (Lipinski definition) is 10. The maximum absolute atomic E-state index is 13.3. The summed E-state index contributed by atoms with van der Waals surface area (Å²) in [6.07, 6.45) is 8.75. The van der Waals surface area contributed by atoms with Crippen LogP contribution in [0.5, 0.6) is 0 Å². The fourth-order valence-electron chi connectivity index (χ4n) is 5.20. The van der Waals surface area contributed by atoms with E-state index >= 15 is 0 Å². The zero-order valence-electron chi connectivity index (χ0n) is 23.3. The Morgan fingerprint density at radius 3 is 2.57 bits per heavy atom. The van der Waals surface area contributed by atoms with Gasteiger partial charge >= 0.3 is 6.55 Å². The van der Waals surface area contributed by atoms with E-state index in [1.54, 1.807) is 12.1 Å². The molecule has 0 saturated heterocycles. The van der Waals surface area contributed by atoms with Crippen LogP contribution in [0.2, 0.25) is 0 Å². The number of halogens is 4. The number of nitrogens with zero attached hydrogens (tertiary/aromatic N) is 7. The maximum Gasteiger partial charge on any atom is 0.333 e. The SMILES string of the molecule is O=S(=O)(C1CC1)n1cc(-c2nccc(Nc3cc(NC4CCCC(NCC(F)F)C4)c(-c4ccn(C(F)F)n4)cn3)n2)cn1. The van der Waals surface area contributed by atoms with E-state index in [9.17, 15) is 26.0 Å². The molecule has 0 aromatic carbocycles. The highest BCUT2D eigenvalue weighted by Gasteiger charge is 2.37. The highest BCUT2D eigenvalue weighted by Crippen LogP contribution is 2.33. The summed E-state index contributed by atoms with van der Waals surface area (Å²) in [5, 5.41) is 17.0. The van der Waals surface area contributed by atoms with Crippen molar-refractivity contribution in [3.63, 3.8) is 0 Å². The number of aromatic nitrogens is 7. The third-order valence-electron chi connectivity index (χ3n) is 7.52. The molecular weight excluding hydrogens is 604 g/mol. The van der Waals surface area contributed by atoms with Crippen molar-refractivity contribution in [1.82, 2.24) is 39.2 Å². The fraction of sp³-hybridized carbons (Fsp3) is 0.444. The van der Waals surface area contributed by atoms with Gasteiger partial charge in [-0.15, -0.1) is 0 Å². The van der Waals surface area contributed by atoms with Crippen LogP contribution in [0.1, 0.15) is 45.1 Å². The summed E-state index contributed by atoms with van der Waals surface area (Å²) in [5.41, 5.74) is 1.77. The van der Waals surface area contributed by atoms with Gasteiger partial charge in [0.05, 0.1) is 35.4 Å². The summed E-state index contributed by atoms with van der Waals surface area (Å²) >= 11 is 0. The van der Waals surface area contributed by atoms with Crippen molar-refractivity contribution in [2.24, 2.45) is 0 Å². The van der Waals surface area contributed by atoms with Crippen molar-refractivity contribution in [3.05, 3.63) is 49.2 Å². The molecule has 2 aliphatic rings. The summed E-state index contributed by atoms with van der Waals surface area (Å²) in [4.78, 5) is 13.2. The van der Waals surface area contributed by atoms with Gasteiger partial charge in [0.2, 0.25) is 0 Å². The number of pyridine rings is 1. The third-order valence-corrected chi connectivity index (χ3v) is 9.55. The van der Waals surface area contributed by atoms with Crippen LogP contribution in [0.4, 0.5) is 34.9 Å². The lowest BCUT2D eigenvalue weighted by molar-refractivity contribution is 0.0568. The minimum atomic E-state index is -3.54. The predicted octanol–water partition coefficient (Wildman–Crippen LogP) is 4.66. The second-order valence-electron chi connectivity index (χ2n) is 10.8. The van der Waals surface area contributed by atoms with Gasteiger partial charge in [-0.1, -0.05) is 0 Å². The number of hydrogen-bond donors (Lipinski definition) is 3. The van der Waals surface area contributed by atoms with E-state index in [0.29, 0.717) is 52.4 Å². The molecule has 2 atom stereocenters. The molecule has 0 bridgehead atoms. The molecule has 0 spiro atoms. The van der Waals surface area contributed by atoms with Gasteiger partial charge in [0.25, 0.3) is 16.4 Å². The van der Waals surface area contributed by atoms with E-state index in [4.69, 9.17) is 0 Å². The molecule has 0 amide bonds. The predicted molar refractivity (Wildman–Crippen MR) is 154 cm³/mol. The Kier molecular flexibility index (Phi) is 8.48. The Balaban J connectivity index is 1.24. The number of nitrogens with one attached hydrogen (secondary N) is 3. The van der Waals surface area contributed by atoms with E-state index in [0.717, 1.165) is 23.3 Å². The largest absolute Gasteiger partial charge is 0.382 e. The summed E-state index contributed by atoms with van der Waals surface area (Å²) in [5.74, 6) is 1.00. The van der Waals surface area contributed by atoms with Gasteiger partial charge in [-0.05, 0) is 50.7 Å². The topological polar surface area (TPSA) is 145 Å². The summed E-state index contributed by atoms with van der Waals surface area (Å²) in [6.45, 7) is -3.18. The normalized spacial score (nSPS) is 19.0. The van der Waals surface area contributed by atoms with Crippen LogP contribution >= 0.6 is 0 Å². The molecule has 0 aliphatic heterocycles. The van der Waals surface area contributed by atoms with Gasteiger partial charge < -0.3 is 16.0 Å². The minimum absolute atomic E-state index is 0.0702. The molecule has 3 N–H and O–H groups in total. The molecule has 2 fully saturated rings. The number of alkyl halides is 4. The molecule has 4 heterocycles. The van der Waals surface area contributed by atoms with Crippen LogP contribution in [0.15, 0.2) is 49.2 Å². The van der Waals surface area contributed by atoms with Crippen LogP contribution in [-0.4, -0.2) is 72.6 Å². The molecule has 2 saturated carbocycles. The first-order valence-corrected chi connectivity index (χ1v) is 15.7. The Bertz CT molecular complexity index is 1710. The average Bonchev–Trinajstić information content (AvgIpc) is 3.53. The second kappa shape index (κ2) is 12.5. The van der Waals surface area contributed by atoms with Gasteiger partial charge in [0.1, 0.15) is 11.6 Å². The molecule has 2 aliphatic carbocycles. The first-order valence-electron chi connectivity index (χ1n) is 14.2. The number of anilines is 3. The lowest BCUT2D eigenvalue weighted by atomic mass is 9.90. The van der Waals surface area contributed by atoms with Gasteiger partial charge in [0.15, 0.2) is 5.82 Å². The van der Waals surface area contributed by atoms with Crippen molar-refractivity contribution in [2.75, 3.05) is 17.2 Å². The molecule has 0 radical (unpaired) electrons. The first-order chi connectivity index (χ1) is 21.2. The average molecular weight is 635 g/mol. The van der Waals surface area contributed by atoms with Gasteiger partial charge in [-0.3, -0.25) is 0 Å². The smallest absolute Gasteiger partial charge is 0.333 e. The maximum atomic E-state index is 13.3. The van der Waals surface area contributed by atoms with Crippen molar-refractivity contribution >= 4 is 27.3 Å². The Morgan fingerprint density at radius 1 is 1.00 bits per heavy atom. The zero-order chi connectivity index (χ0) is 30.8. The van der Waals surface area contributed by atoms with Crippen LogP contribution in [0.3, 0.4) is 0 Å². The lowest BCUT2D eigenvalue weighted by Gasteiger charge is -2.31. The molecule has 17 heteroatoms. The molecule has 12 nitrogen and oxygen atoms in total. The highest BCUT2D eigenvalue weighted by molar-refractivity contribution is 7.90. The lowest BCUT2D eigenvalue weighted by Crippen LogP contribution is -2.40. The van der Waals surface area contributed by atoms with Crippen molar-refractivity contribution in [2.45, 2.75) is 68.8 Å². The van der Waals surface area contributed by atoms with Crippen LogP contribution in [-0.2, 0) is 10.0 Å². The zero-order valence-corrected chi connectivity index (χ0v) is 24.1. The fourth-order valence-corrected chi connectivity index (χ4v) is 6.67. The van der Waals surface area contributed by atoms with Crippen molar-refractivity contribution < 1.29 is 26.0 Å². The van der Waals surface area contributed by atoms with Crippen LogP contribution in [0.25, 0.3) is 22.6 Å². The van der Waals surface area contributed by atoms with Crippen molar-refractivity contribution in [3.8, 4) is 22.6 Å². The highest BCUT2D eigenvalue weighted by atomic mass is 32.2. The van der Waals surface area contributed by atoms with Gasteiger partial charge in [-0.2, -0.15) is 23.1 Å². The molecule has 4 aromatic rings. The summed E-state index contributed by atoms with van der Waals surface area (Å²) in [6, 6.07) is 4.63. The third kappa shape index (κ3) is 6.83. The molecule has 2 unspecified atom stereocenters. The molecular formula is C27H30F4N10O2S.